The summed E-state index contributed by atoms with van der Waals surface area (Å²) in [4.78, 5) is 9.91. The van der Waals surface area contributed by atoms with Gasteiger partial charge in [0.1, 0.15) is 6.17 Å². The summed E-state index contributed by atoms with van der Waals surface area (Å²) in [5, 5.41) is 8.49. The number of hydrogen-bond acceptors (Lipinski definition) is 4. The van der Waals surface area contributed by atoms with Crippen LogP contribution in [0.2, 0.25) is 0 Å². The van der Waals surface area contributed by atoms with Gasteiger partial charge in [0.25, 0.3) is 0 Å². The Morgan fingerprint density at radius 2 is 1.97 bits per heavy atom. The average Bonchev–Trinajstić information content (AvgIpc) is 3.45. The van der Waals surface area contributed by atoms with Crippen molar-refractivity contribution in [3.05, 3.63) is 66.1 Å². The number of hydrogen-bond donors (Lipinski definition) is 1. The summed E-state index contributed by atoms with van der Waals surface area (Å²) >= 11 is 0. The van der Waals surface area contributed by atoms with Gasteiger partial charge in [0.2, 0.25) is 0 Å². The average molecular weight is 444 g/mol. The number of benzene rings is 1. The molecule has 1 N–H and O–H groups in total. The van der Waals surface area contributed by atoms with E-state index in [0.717, 1.165) is 46.2 Å². The number of aryl methyl sites for hydroxylation is 1. The molecule has 4 unspecified atom stereocenters. The molecule has 4 atom stereocenters. The molecule has 1 aliphatic carbocycles. The molecule has 0 bridgehead atoms. The van der Waals surface area contributed by atoms with Crippen molar-refractivity contribution in [2.75, 3.05) is 0 Å². The summed E-state index contributed by atoms with van der Waals surface area (Å²) in [6.45, 7) is 15.3. The van der Waals surface area contributed by atoms with E-state index < -0.39 is 0 Å². The Hall–Kier alpha value is -2.79. The molecule has 2 heterocycles. The van der Waals surface area contributed by atoms with E-state index in [2.05, 4.69) is 80.1 Å². The van der Waals surface area contributed by atoms with Crippen LogP contribution < -0.4 is 5.32 Å². The summed E-state index contributed by atoms with van der Waals surface area (Å²) < 4.78 is 1.91. The van der Waals surface area contributed by atoms with Crippen LogP contribution in [-0.4, -0.2) is 33.4 Å². The highest BCUT2D eigenvalue weighted by Gasteiger charge is 2.28. The van der Waals surface area contributed by atoms with E-state index in [4.69, 9.17) is 4.99 Å². The minimum Gasteiger partial charge on any atom is -0.293 e. The quantitative estimate of drug-likeness (QED) is 0.558. The molecular formula is C28H37N5. The molecule has 1 aromatic carbocycles. The fourth-order valence-electron chi connectivity index (χ4n) is 4.58. The van der Waals surface area contributed by atoms with Gasteiger partial charge in [0.15, 0.2) is 0 Å². The molecule has 2 aromatic rings. The third kappa shape index (κ3) is 5.25. The zero-order chi connectivity index (χ0) is 23.5. The van der Waals surface area contributed by atoms with Gasteiger partial charge in [-0.3, -0.25) is 15.3 Å². The van der Waals surface area contributed by atoms with Gasteiger partial charge < -0.3 is 0 Å². The van der Waals surface area contributed by atoms with Crippen molar-refractivity contribution in [2.24, 2.45) is 21.8 Å². The Labute approximate surface area is 198 Å². The molecule has 1 aromatic heterocycles. The number of allylic oxidation sites excluding steroid dienone is 2. The molecule has 0 spiro atoms. The van der Waals surface area contributed by atoms with Gasteiger partial charge in [0.05, 0.1) is 17.6 Å². The first kappa shape index (κ1) is 23.4. The molecule has 4 rings (SSSR count). The van der Waals surface area contributed by atoms with Crippen LogP contribution in [0.1, 0.15) is 64.5 Å². The first-order chi connectivity index (χ1) is 15.9. The lowest BCUT2D eigenvalue weighted by Gasteiger charge is -2.27. The highest BCUT2D eigenvalue weighted by molar-refractivity contribution is 6.42. The van der Waals surface area contributed by atoms with E-state index in [-0.39, 0.29) is 6.17 Å². The van der Waals surface area contributed by atoms with Crippen molar-refractivity contribution >= 4 is 17.0 Å². The number of rotatable bonds is 7. The van der Waals surface area contributed by atoms with E-state index >= 15 is 0 Å². The molecule has 1 aliphatic heterocycles. The van der Waals surface area contributed by atoms with E-state index in [1.165, 1.54) is 24.8 Å². The van der Waals surface area contributed by atoms with Crippen LogP contribution in [0.5, 0.6) is 0 Å². The molecule has 0 saturated heterocycles. The lowest BCUT2D eigenvalue weighted by Crippen LogP contribution is -2.40. The second-order valence-corrected chi connectivity index (χ2v) is 9.83. The van der Waals surface area contributed by atoms with Crippen LogP contribution in [0.3, 0.4) is 0 Å². The second kappa shape index (κ2) is 10.0. The van der Waals surface area contributed by atoms with Gasteiger partial charge in [-0.15, -0.1) is 0 Å². The highest BCUT2D eigenvalue weighted by Crippen LogP contribution is 2.29. The van der Waals surface area contributed by atoms with Crippen molar-refractivity contribution in [3.8, 4) is 5.69 Å². The summed E-state index contributed by atoms with van der Waals surface area (Å²) in [5.74, 6) is 1.21. The molecular weight excluding hydrogens is 406 g/mol. The smallest absolute Gasteiger partial charge is 0.103 e. The van der Waals surface area contributed by atoms with E-state index in [9.17, 15) is 0 Å². The number of aromatic nitrogens is 2. The Morgan fingerprint density at radius 1 is 1.21 bits per heavy atom. The lowest BCUT2D eigenvalue weighted by atomic mass is 9.94. The molecule has 0 radical (unpaired) electrons. The largest absolute Gasteiger partial charge is 0.293 e. The zero-order valence-electron chi connectivity index (χ0n) is 20.7. The number of nitrogens with one attached hydrogen (secondary N) is 1. The second-order valence-electron chi connectivity index (χ2n) is 9.83. The van der Waals surface area contributed by atoms with Crippen LogP contribution in [0.15, 0.2) is 65.0 Å². The van der Waals surface area contributed by atoms with E-state index in [1.54, 1.807) is 0 Å². The van der Waals surface area contributed by atoms with Gasteiger partial charge >= 0.3 is 0 Å². The number of aliphatic imine (C=N–C) groups is 2. The van der Waals surface area contributed by atoms with Gasteiger partial charge in [0, 0.05) is 40.9 Å². The molecule has 1 fully saturated rings. The third-order valence-electron chi connectivity index (χ3n) is 7.11. The fourth-order valence-corrected chi connectivity index (χ4v) is 4.58. The predicted octanol–water partition coefficient (Wildman–Crippen LogP) is 6.14. The first-order valence-electron chi connectivity index (χ1n) is 12.3. The van der Waals surface area contributed by atoms with Crippen molar-refractivity contribution in [3.63, 3.8) is 0 Å². The van der Waals surface area contributed by atoms with Crippen LogP contribution in [0.4, 0.5) is 0 Å². The number of nitrogens with zero attached hydrogens (tertiary/aromatic N) is 4. The summed E-state index contributed by atoms with van der Waals surface area (Å²) in [6, 6.07) is 8.91. The Bertz CT molecular complexity index is 1090. The SMILES string of the molecule is C=C1C(C)=NC=C(c2cnn(-c3ccc(C)cc3)c2)C1=NC(NC1CCC(C)C1)C(C)CC. The predicted molar refractivity (Wildman–Crippen MR) is 139 cm³/mol. The first-order valence-corrected chi connectivity index (χ1v) is 12.3. The Morgan fingerprint density at radius 3 is 2.64 bits per heavy atom. The fraction of sp³-hybridized carbons (Fsp3) is 0.464. The zero-order valence-corrected chi connectivity index (χ0v) is 20.7. The molecule has 33 heavy (non-hydrogen) atoms. The van der Waals surface area contributed by atoms with E-state index in [0.29, 0.717) is 12.0 Å². The molecule has 0 amide bonds. The van der Waals surface area contributed by atoms with Gasteiger partial charge in [-0.2, -0.15) is 5.10 Å². The molecule has 2 aliphatic rings. The van der Waals surface area contributed by atoms with Crippen molar-refractivity contribution in [2.45, 2.75) is 72.5 Å². The van der Waals surface area contributed by atoms with Crippen molar-refractivity contribution in [1.29, 1.82) is 0 Å². The van der Waals surface area contributed by atoms with Gasteiger partial charge in [-0.1, -0.05) is 51.5 Å². The molecule has 1 saturated carbocycles. The Kier molecular flexibility index (Phi) is 7.08. The van der Waals surface area contributed by atoms with Crippen molar-refractivity contribution < 1.29 is 0 Å². The summed E-state index contributed by atoms with van der Waals surface area (Å²) in [7, 11) is 0. The minimum atomic E-state index is 0.0542. The topological polar surface area (TPSA) is 54.6 Å². The standard InChI is InChI=1S/C28H37N5/c1-7-20(4)28(31-24-11-8-19(3)14-24)32-27-21(5)22(6)29-16-26(27)23-15-30-33(17-23)25-12-9-18(2)10-13-25/h9-10,12-13,15-17,19-20,24,28,31H,5,7-8,11,14H2,1-4,6H3. The van der Waals surface area contributed by atoms with Crippen LogP contribution >= 0.6 is 0 Å². The van der Waals surface area contributed by atoms with E-state index in [1.807, 2.05) is 24.0 Å². The maximum Gasteiger partial charge on any atom is 0.103 e. The minimum absolute atomic E-state index is 0.0542. The highest BCUT2D eigenvalue weighted by atomic mass is 15.3. The van der Waals surface area contributed by atoms with Gasteiger partial charge in [-0.25, -0.2) is 4.68 Å². The monoisotopic (exact) mass is 443 g/mol. The summed E-state index contributed by atoms with van der Waals surface area (Å²) in [5.41, 5.74) is 7.00. The lowest BCUT2D eigenvalue weighted by molar-refractivity contribution is 0.335. The molecule has 5 heteroatoms. The Balaban J connectivity index is 1.67. The summed E-state index contributed by atoms with van der Waals surface area (Å²) in [6.07, 6.45) is 10.7. The van der Waals surface area contributed by atoms with Crippen LogP contribution in [-0.2, 0) is 0 Å². The maximum atomic E-state index is 5.30. The third-order valence-corrected chi connectivity index (χ3v) is 7.11. The van der Waals surface area contributed by atoms with Gasteiger partial charge in [-0.05, 0) is 57.1 Å². The van der Waals surface area contributed by atoms with Crippen LogP contribution in [0.25, 0.3) is 11.3 Å². The molecule has 5 nitrogen and oxygen atoms in total. The maximum absolute atomic E-state index is 5.30. The molecule has 174 valence electrons. The normalized spacial score (nSPS) is 24.0. The van der Waals surface area contributed by atoms with Crippen LogP contribution in [0, 0.1) is 18.8 Å². The van der Waals surface area contributed by atoms with Crippen molar-refractivity contribution in [1.82, 2.24) is 15.1 Å².